The fraction of sp³-hybridized carbons (Fsp3) is 0.200. The first kappa shape index (κ1) is 14.8. The van der Waals surface area contributed by atoms with Gasteiger partial charge in [-0.15, -0.1) is 11.8 Å². The predicted molar refractivity (Wildman–Crippen MR) is 69.0 cm³/mol. The van der Waals surface area contributed by atoms with Crippen molar-refractivity contribution in [2.75, 3.05) is 6.26 Å². The van der Waals surface area contributed by atoms with Crippen molar-refractivity contribution in [3.63, 3.8) is 0 Å². The van der Waals surface area contributed by atoms with Crippen LogP contribution in [-0.2, 0) is 6.18 Å². The summed E-state index contributed by atoms with van der Waals surface area (Å²) in [5, 5.41) is -0.0563. The van der Waals surface area contributed by atoms with Crippen molar-refractivity contribution in [3.05, 3.63) is 27.2 Å². The second kappa shape index (κ2) is 5.06. The number of fused-ring (bicyclic) bond motifs is 1. The fourth-order valence-corrected chi connectivity index (χ4v) is 2.81. The minimum absolute atomic E-state index is 0.0232. The zero-order chi connectivity index (χ0) is 14.4. The molecule has 0 saturated heterocycles. The van der Waals surface area contributed by atoms with Gasteiger partial charge in [0.05, 0.1) is 10.0 Å². The number of hydrogen-bond acceptors (Lipinski definition) is 3. The van der Waals surface area contributed by atoms with Crippen LogP contribution in [0.1, 0.15) is 5.56 Å². The number of nitrogens with zero attached hydrogens (tertiary/aromatic N) is 2. The molecule has 0 radical (unpaired) electrons. The summed E-state index contributed by atoms with van der Waals surface area (Å²) in [4.78, 5) is 7.42. The monoisotopic (exact) mass is 374 g/mol. The van der Waals surface area contributed by atoms with Crippen LogP contribution in [0, 0.1) is 5.82 Å². The number of hydrogen-bond donors (Lipinski definition) is 0. The molecule has 2 nitrogen and oxygen atoms in total. The zero-order valence-electron chi connectivity index (χ0n) is 9.15. The van der Waals surface area contributed by atoms with Crippen molar-refractivity contribution >= 4 is 50.2 Å². The average Bonchev–Trinajstić information content (AvgIpc) is 2.31. The van der Waals surface area contributed by atoms with E-state index in [0.717, 1.165) is 17.8 Å². The smallest absolute Gasteiger partial charge is 0.215 e. The Morgan fingerprint density at radius 3 is 2.47 bits per heavy atom. The summed E-state index contributed by atoms with van der Waals surface area (Å²) in [5.41, 5.74) is -1.36. The lowest BCUT2D eigenvalue weighted by Crippen LogP contribution is -2.08. The molecule has 102 valence electrons. The third-order valence-corrected chi connectivity index (χ3v) is 3.95. The van der Waals surface area contributed by atoms with Gasteiger partial charge in [-0.1, -0.05) is 0 Å². The molecule has 2 rings (SSSR count). The Morgan fingerprint density at radius 1 is 1.32 bits per heavy atom. The van der Waals surface area contributed by atoms with Gasteiger partial charge in [0.15, 0.2) is 5.82 Å². The van der Waals surface area contributed by atoms with E-state index >= 15 is 0 Å². The molecule has 0 atom stereocenters. The largest absolute Gasteiger partial charge is 0.417 e. The summed E-state index contributed by atoms with van der Waals surface area (Å²) in [6.07, 6.45) is -3.07. The molecule has 19 heavy (non-hydrogen) atoms. The van der Waals surface area contributed by atoms with Crippen LogP contribution < -0.4 is 0 Å². The van der Waals surface area contributed by atoms with Gasteiger partial charge in [-0.2, -0.15) is 13.2 Å². The van der Waals surface area contributed by atoms with E-state index in [1.807, 2.05) is 0 Å². The molecule has 1 aromatic heterocycles. The Balaban J connectivity index is 2.93. The summed E-state index contributed by atoms with van der Waals surface area (Å²) in [6.45, 7) is 0. The summed E-state index contributed by atoms with van der Waals surface area (Å²) < 4.78 is 51.7. The molecule has 0 fully saturated rings. The van der Waals surface area contributed by atoms with Gasteiger partial charge in [-0.3, -0.25) is 0 Å². The lowest BCUT2D eigenvalue weighted by atomic mass is 10.1. The molecule has 1 aromatic carbocycles. The zero-order valence-corrected chi connectivity index (χ0v) is 12.3. The molecular formula is C10H4BrClF4N2S. The van der Waals surface area contributed by atoms with Crippen LogP contribution in [0.5, 0.6) is 0 Å². The standard InChI is InChI=1S/C10H4BrClF4N2S/c1-19-8-3-2-4(10(14,15)16)5(11)6(13)7(3)17-9(12)18-8/h2H,1H3. The van der Waals surface area contributed by atoms with Crippen LogP contribution in [0.15, 0.2) is 15.6 Å². The lowest BCUT2D eigenvalue weighted by molar-refractivity contribution is -0.138. The Labute approximate surface area is 122 Å². The highest BCUT2D eigenvalue weighted by Gasteiger charge is 2.35. The Kier molecular flexibility index (Phi) is 3.95. The molecule has 0 bridgehead atoms. The van der Waals surface area contributed by atoms with Gasteiger partial charge >= 0.3 is 6.18 Å². The van der Waals surface area contributed by atoms with Crippen LogP contribution >= 0.6 is 39.3 Å². The van der Waals surface area contributed by atoms with Crippen molar-refractivity contribution in [1.29, 1.82) is 0 Å². The Bertz CT molecular complexity index is 662. The van der Waals surface area contributed by atoms with Crippen LogP contribution in [0.3, 0.4) is 0 Å². The Morgan fingerprint density at radius 2 is 1.95 bits per heavy atom. The van der Waals surface area contributed by atoms with Gasteiger partial charge in [0.1, 0.15) is 10.5 Å². The molecule has 1 heterocycles. The highest BCUT2D eigenvalue weighted by atomic mass is 79.9. The first-order valence-corrected chi connectivity index (χ1v) is 7.11. The maximum absolute atomic E-state index is 14.0. The molecule has 0 amide bonds. The number of thioether (sulfide) groups is 1. The summed E-state index contributed by atoms with van der Waals surface area (Å²) >= 11 is 9.28. The molecule has 0 aliphatic carbocycles. The SMILES string of the molecule is CSc1nc(Cl)nc2c(F)c(Br)c(C(F)(F)F)cc12. The maximum Gasteiger partial charge on any atom is 0.417 e. The maximum atomic E-state index is 14.0. The molecule has 2 aromatic rings. The van der Waals surface area contributed by atoms with Gasteiger partial charge < -0.3 is 0 Å². The van der Waals surface area contributed by atoms with E-state index in [1.54, 1.807) is 6.26 Å². The van der Waals surface area contributed by atoms with Crippen molar-refractivity contribution in [1.82, 2.24) is 9.97 Å². The van der Waals surface area contributed by atoms with Crippen molar-refractivity contribution < 1.29 is 17.6 Å². The predicted octanol–water partition coefficient (Wildman–Crippen LogP) is 4.93. The molecule has 9 heteroatoms. The molecule has 0 saturated carbocycles. The van der Waals surface area contributed by atoms with Crippen molar-refractivity contribution in [2.45, 2.75) is 11.2 Å². The molecule has 0 N–H and O–H groups in total. The molecule has 0 spiro atoms. The Hall–Kier alpha value is -0.600. The number of aromatic nitrogens is 2. The number of benzene rings is 1. The quantitative estimate of drug-likeness (QED) is 0.306. The van der Waals surface area contributed by atoms with Crippen molar-refractivity contribution in [3.8, 4) is 0 Å². The third kappa shape index (κ3) is 2.66. The average molecular weight is 376 g/mol. The van der Waals surface area contributed by atoms with Gasteiger partial charge in [0.25, 0.3) is 0 Å². The molecule has 0 unspecified atom stereocenters. The first-order chi connectivity index (χ1) is 8.75. The van der Waals surface area contributed by atoms with Crippen LogP contribution in [0.4, 0.5) is 17.6 Å². The third-order valence-electron chi connectivity index (χ3n) is 2.31. The second-order valence-electron chi connectivity index (χ2n) is 3.45. The van der Waals surface area contributed by atoms with E-state index in [9.17, 15) is 17.6 Å². The summed E-state index contributed by atoms with van der Waals surface area (Å²) in [5.74, 6) is -1.11. The summed E-state index contributed by atoms with van der Waals surface area (Å²) in [6, 6.07) is 0.810. The van der Waals surface area contributed by atoms with Crippen LogP contribution in [0.2, 0.25) is 5.28 Å². The van der Waals surface area contributed by atoms with Crippen LogP contribution in [0.25, 0.3) is 10.9 Å². The second-order valence-corrected chi connectivity index (χ2v) is 5.37. The summed E-state index contributed by atoms with van der Waals surface area (Å²) in [7, 11) is 0. The van der Waals surface area contributed by atoms with E-state index in [0.29, 0.717) is 0 Å². The van der Waals surface area contributed by atoms with Crippen molar-refractivity contribution in [2.24, 2.45) is 0 Å². The lowest BCUT2D eigenvalue weighted by Gasteiger charge is -2.12. The van der Waals surface area contributed by atoms with Gasteiger partial charge in [0, 0.05) is 5.39 Å². The van der Waals surface area contributed by atoms with Gasteiger partial charge in [-0.05, 0) is 39.9 Å². The first-order valence-electron chi connectivity index (χ1n) is 4.72. The minimum atomic E-state index is -4.68. The van der Waals surface area contributed by atoms with E-state index in [2.05, 4.69) is 25.9 Å². The topological polar surface area (TPSA) is 25.8 Å². The van der Waals surface area contributed by atoms with Gasteiger partial charge in [0.2, 0.25) is 5.28 Å². The number of alkyl halides is 3. The number of halogens is 6. The highest BCUT2D eigenvalue weighted by Crippen LogP contribution is 2.40. The van der Waals surface area contributed by atoms with E-state index in [-0.39, 0.29) is 21.2 Å². The van der Waals surface area contributed by atoms with E-state index in [4.69, 9.17) is 11.6 Å². The fourth-order valence-electron chi connectivity index (χ4n) is 1.51. The van der Waals surface area contributed by atoms with Crippen LogP contribution in [-0.4, -0.2) is 16.2 Å². The molecular weight excluding hydrogens is 372 g/mol. The highest BCUT2D eigenvalue weighted by molar-refractivity contribution is 9.10. The van der Waals surface area contributed by atoms with E-state index in [1.165, 1.54) is 0 Å². The van der Waals surface area contributed by atoms with Gasteiger partial charge in [-0.25, -0.2) is 14.4 Å². The molecule has 0 aliphatic heterocycles. The normalized spacial score (nSPS) is 12.2. The number of rotatable bonds is 1. The van der Waals surface area contributed by atoms with E-state index < -0.39 is 22.0 Å². The molecule has 0 aliphatic rings. The minimum Gasteiger partial charge on any atom is -0.215 e.